The van der Waals surface area contributed by atoms with Crippen LogP contribution in [0.4, 0.5) is 0 Å². The van der Waals surface area contributed by atoms with Gasteiger partial charge in [0.15, 0.2) is 0 Å². The molecule has 5 heteroatoms. The zero-order valence-corrected chi connectivity index (χ0v) is 16.2. The molecule has 0 spiro atoms. The van der Waals surface area contributed by atoms with Crippen molar-refractivity contribution in [1.29, 1.82) is 0 Å². The molecule has 3 unspecified atom stereocenters. The third-order valence-electron chi connectivity index (χ3n) is 6.37. The summed E-state index contributed by atoms with van der Waals surface area (Å²) in [6.07, 6.45) is 6.74. The number of hydrogen-bond donors (Lipinski definition) is 1. The molecular weight excluding hydrogens is 340 g/mol. The van der Waals surface area contributed by atoms with E-state index in [4.69, 9.17) is 9.26 Å². The molecule has 1 N–H and O–H groups in total. The van der Waals surface area contributed by atoms with E-state index >= 15 is 0 Å². The summed E-state index contributed by atoms with van der Waals surface area (Å²) in [4.78, 5) is 12.4. The lowest BCUT2D eigenvalue weighted by Gasteiger charge is -2.21. The van der Waals surface area contributed by atoms with Crippen LogP contribution in [0.1, 0.15) is 59.5 Å². The first-order chi connectivity index (χ1) is 13.1. The van der Waals surface area contributed by atoms with Gasteiger partial charge < -0.3 is 14.6 Å². The average Bonchev–Trinajstić information content (AvgIpc) is 3.37. The molecule has 1 aromatic carbocycles. The topological polar surface area (TPSA) is 64.4 Å². The predicted octanol–water partition coefficient (Wildman–Crippen LogP) is 4.43. The van der Waals surface area contributed by atoms with Crippen LogP contribution < -0.4 is 10.1 Å². The van der Waals surface area contributed by atoms with E-state index in [0.29, 0.717) is 12.2 Å². The van der Waals surface area contributed by atoms with Gasteiger partial charge in [0.1, 0.15) is 18.1 Å². The lowest BCUT2D eigenvalue weighted by Crippen LogP contribution is -2.27. The first-order valence-electron chi connectivity index (χ1n) is 10.0. The van der Waals surface area contributed by atoms with Gasteiger partial charge in [-0.1, -0.05) is 11.6 Å². The number of nitrogens with zero attached hydrogens (tertiary/aromatic N) is 1. The number of amides is 1. The van der Waals surface area contributed by atoms with E-state index in [0.717, 1.165) is 53.5 Å². The summed E-state index contributed by atoms with van der Waals surface area (Å²) in [5, 5.41) is 7.00. The van der Waals surface area contributed by atoms with Gasteiger partial charge in [-0.2, -0.15) is 0 Å². The van der Waals surface area contributed by atoms with E-state index in [1.807, 2.05) is 38.1 Å². The van der Waals surface area contributed by atoms with Crippen molar-refractivity contribution in [2.45, 2.75) is 52.6 Å². The molecule has 2 bridgehead atoms. The van der Waals surface area contributed by atoms with Crippen LogP contribution in [0.5, 0.6) is 5.75 Å². The number of nitrogens with one attached hydrogen (secondary N) is 1. The predicted molar refractivity (Wildman–Crippen MR) is 103 cm³/mol. The first-order valence-corrected chi connectivity index (χ1v) is 10.0. The molecule has 1 heterocycles. The van der Waals surface area contributed by atoms with Gasteiger partial charge in [0.25, 0.3) is 5.91 Å². The second kappa shape index (κ2) is 7.75. The number of carbonyl (C=O) groups excluding carboxylic acids is 1. The summed E-state index contributed by atoms with van der Waals surface area (Å²) in [6, 6.07) is 7.30. The van der Waals surface area contributed by atoms with Crippen LogP contribution in [0, 0.1) is 31.6 Å². The number of fused-ring (bicyclic) bond motifs is 2. The van der Waals surface area contributed by atoms with Crippen LogP contribution in [0.25, 0.3) is 0 Å². The molecular formula is C22H28N2O3. The molecule has 4 rings (SSSR count). The molecule has 2 aliphatic carbocycles. The van der Waals surface area contributed by atoms with E-state index in [2.05, 4.69) is 10.5 Å². The SMILES string of the molecule is Cc1noc(C)c1COc1ccc(C(=O)NCCC2CC3CCC2C3)cc1. The molecule has 144 valence electrons. The molecule has 0 saturated heterocycles. The van der Waals surface area contributed by atoms with E-state index in [9.17, 15) is 4.79 Å². The second-order valence-corrected chi connectivity index (χ2v) is 8.10. The Hall–Kier alpha value is -2.30. The minimum atomic E-state index is -0.00423. The molecule has 0 aliphatic heterocycles. The maximum atomic E-state index is 12.4. The fourth-order valence-corrected chi connectivity index (χ4v) is 4.77. The van der Waals surface area contributed by atoms with Gasteiger partial charge in [-0.05, 0) is 81.5 Å². The highest BCUT2D eigenvalue weighted by Gasteiger charge is 2.38. The van der Waals surface area contributed by atoms with Crippen molar-refractivity contribution in [3.05, 3.63) is 46.8 Å². The summed E-state index contributed by atoms with van der Waals surface area (Å²) in [7, 11) is 0. The van der Waals surface area contributed by atoms with Crippen LogP contribution in [0.15, 0.2) is 28.8 Å². The maximum absolute atomic E-state index is 12.4. The van der Waals surface area contributed by atoms with Gasteiger partial charge in [0.05, 0.1) is 11.3 Å². The normalized spacial score (nSPS) is 23.6. The number of rotatable bonds is 7. The molecule has 5 nitrogen and oxygen atoms in total. The van der Waals surface area contributed by atoms with Gasteiger partial charge >= 0.3 is 0 Å². The number of ether oxygens (including phenoxy) is 1. The first kappa shape index (κ1) is 18.1. The summed E-state index contributed by atoms with van der Waals surface area (Å²) in [6.45, 7) is 4.97. The van der Waals surface area contributed by atoms with Gasteiger partial charge in [0, 0.05) is 12.1 Å². The average molecular weight is 368 g/mol. The Morgan fingerprint density at radius 2 is 2.04 bits per heavy atom. The third-order valence-corrected chi connectivity index (χ3v) is 6.37. The molecule has 2 aliphatic rings. The molecule has 27 heavy (non-hydrogen) atoms. The van der Waals surface area contributed by atoms with Crippen LogP contribution in [-0.4, -0.2) is 17.6 Å². The van der Waals surface area contributed by atoms with E-state index < -0.39 is 0 Å². The molecule has 2 aromatic rings. The zero-order chi connectivity index (χ0) is 18.8. The fraction of sp³-hybridized carbons (Fsp3) is 0.545. The third kappa shape index (κ3) is 4.02. The molecule has 2 fully saturated rings. The molecule has 1 aromatic heterocycles. The van der Waals surface area contributed by atoms with Crippen molar-refractivity contribution >= 4 is 5.91 Å². The molecule has 1 amide bonds. The van der Waals surface area contributed by atoms with E-state index in [-0.39, 0.29) is 5.91 Å². The summed E-state index contributed by atoms with van der Waals surface area (Å²) in [5.74, 6) is 4.21. The minimum Gasteiger partial charge on any atom is -0.489 e. The van der Waals surface area contributed by atoms with Crippen molar-refractivity contribution in [2.75, 3.05) is 6.54 Å². The van der Waals surface area contributed by atoms with Crippen molar-refractivity contribution in [3.63, 3.8) is 0 Å². The Bertz CT molecular complexity index is 777. The van der Waals surface area contributed by atoms with Crippen LogP contribution in [0.3, 0.4) is 0 Å². The Balaban J connectivity index is 1.24. The monoisotopic (exact) mass is 368 g/mol. The van der Waals surface area contributed by atoms with Crippen LogP contribution in [-0.2, 0) is 6.61 Å². The molecule has 3 atom stereocenters. The highest BCUT2D eigenvalue weighted by Crippen LogP contribution is 2.49. The minimum absolute atomic E-state index is 0.00423. The van der Waals surface area contributed by atoms with Gasteiger partial charge in [-0.3, -0.25) is 4.79 Å². The number of aryl methyl sites for hydroxylation is 2. The number of hydrogen-bond acceptors (Lipinski definition) is 4. The highest BCUT2D eigenvalue weighted by atomic mass is 16.5. The fourth-order valence-electron chi connectivity index (χ4n) is 4.77. The van der Waals surface area contributed by atoms with Gasteiger partial charge in [0.2, 0.25) is 0 Å². The molecule has 0 radical (unpaired) electrons. The van der Waals surface area contributed by atoms with E-state index in [1.54, 1.807) is 0 Å². The van der Waals surface area contributed by atoms with Gasteiger partial charge in [-0.15, -0.1) is 0 Å². The van der Waals surface area contributed by atoms with Crippen LogP contribution >= 0.6 is 0 Å². The maximum Gasteiger partial charge on any atom is 0.251 e. The van der Waals surface area contributed by atoms with Crippen molar-refractivity contribution in [2.24, 2.45) is 17.8 Å². The van der Waals surface area contributed by atoms with Crippen LogP contribution in [0.2, 0.25) is 0 Å². The smallest absolute Gasteiger partial charge is 0.251 e. The number of benzene rings is 1. The Morgan fingerprint density at radius 1 is 1.22 bits per heavy atom. The largest absolute Gasteiger partial charge is 0.489 e. The van der Waals surface area contributed by atoms with Crippen molar-refractivity contribution in [3.8, 4) is 5.75 Å². The number of carbonyl (C=O) groups is 1. The van der Waals surface area contributed by atoms with Crippen molar-refractivity contribution < 1.29 is 14.1 Å². The summed E-state index contributed by atoms with van der Waals surface area (Å²) < 4.78 is 10.9. The van der Waals surface area contributed by atoms with Gasteiger partial charge in [-0.25, -0.2) is 0 Å². The zero-order valence-electron chi connectivity index (χ0n) is 16.2. The standard InChI is InChI=1S/C22H28N2O3/c1-14-21(15(2)27-24-14)13-26-20-7-5-17(6-8-20)22(25)23-10-9-19-12-16-3-4-18(19)11-16/h5-8,16,18-19H,3-4,9-13H2,1-2H3,(H,23,25). The van der Waals surface area contributed by atoms with Crippen molar-refractivity contribution in [1.82, 2.24) is 10.5 Å². The second-order valence-electron chi connectivity index (χ2n) is 8.10. The Kier molecular flexibility index (Phi) is 5.19. The Labute approximate surface area is 160 Å². The Morgan fingerprint density at radius 3 is 2.67 bits per heavy atom. The quantitative estimate of drug-likeness (QED) is 0.785. The van der Waals surface area contributed by atoms with E-state index in [1.165, 1.54) is 25.7 Å². The number of aromatic nitrogens is 1. The lowest BCUT2D eigenvalue weighted by molar-refractivity contribution is 0.0949. The highest BCUT2D eigenvalue weighted by molar-refractivity contribution is 5.94. The summed E-state index contributed by atoms with van der Waals surface area (Å²) in [5.41, 5.74) is 2.49. The lowest BCUT2D eigenvalue weighted by atomic mass is 9.86. The summed E-state index contributed by atoms with van der Waals surface area (Å²) >= 11 is 0. The molecule has 2 saturated carbocycles.